The summed E-state index contributed by atoms with van der Waals surface area (Å²) in [5.74, 6) is -1.91. The second-order valence-corrected chi connectivity index (χ2v) is 4.34. The van der Waals surface area contributed by atoms with E-state index >= 15 is 0 Å². The molecule has 3 N–H and O–H groups in total. The van der Waals surface area contributed by atoms with Crippen LogP contribution in [0.1, 0.15) is 6.42 Å². The second-order valence-electron chi connectivity index (χ2n) is 3.35. The number of carbonyl (C=O) groups is 3. The molecule has 0 radical (unpaired) electrons. The summed E-state index contributed by atoms with van der Waals surface area (Å²) in [5.41, 5.74) is 0. The summed E-state index contributed by atoms with van der Waals surface area (Å²) in [6.45, 7) is 0.465. The van der Waals surface area contributed by atoms with Crippen LogP contribution in [0.2, 0.25) is 0 Å². The summed E-state index contributed by atoms with van der Waals surface area (Å²) in [4.78, 5) is 33.9. The lowest BCUT2D eigenvalue weighted by molar-refractivity contribution is -0.145. The number of hydrogen-bond acceptors (Lipinski definition) is 4. The molecule has 0 bridgehead atoms. The SMILES string of the molecule is CSCCN(C)C(=O)N[C@@H](CC(=O)O)C(=O)O. The zero-order chi connectivity index (χ0) is 13.4. The Bertz CT molecular complexity index is 297. The number of nitrogens with zero attached hydrogens (tertiary/aromatic N) is 1. The van der Waals surface area contributed by atoms with Crippen LogP contribution < -0.4 is 5.32 Å². The Labute approximate surface area is 103 Å². The van der Waals surface area contributed by atoms with Gasteiger partial charge in [0.05, 0.1) is 6.42 Å². The highest BCUT2D eigenvalue weighted by atomic mass is 32.2. The molecule has 0 unspecified atom stereocenters. The van der Waals surface area contributed by atoms with Crippen molar-refractivity contribution in [3.63, 3.8) is 0 Å². The molecule has 0 heterocycles. The van der Waals surface area contributed by atoms with Gasteiger partial charge in [0.2, 0.25) is 0 Å². The van der Waals surface area contributed by atoms with Crippen LogP contribution in [-0.4, -0.2) is 64.7 Å². The third-order valence-corrected chi connectivity index (χ3v) is 2.54. The van der Waals surface area contributed by atoms with Gasteiger partial charge in [0.25, 0.3) is 0 Å². The number of nitrogens with one attached hydrogen (secondary N) is 1. The van der Waals surface area contributed by atoms with Gasteiger partial charge in [-0.15, -0.1) is 0 Å². The average Bonchev–Trinajstić information content (AvgIpc) is 2.23. The van der Waals surface area contributed by atoms with E-state index in [1.165, 1.54) is 11.9 Å². The summed E-state index contributed by atoms with van der Waals surface area (Å²) >= 11 is 1.55. The summed E-state index contributed by atoms with van der Waals surface area (Å²) in [6.07, 6.45) is 1.24. The minimum absolute atomic E-state index is 0.465. The number of thioether (sulfide) groups is 1. The van der Waals surface area contributed by atoms with E-state index in [-0.39, 0.29) is 0 Å². The normalized spacial score (nSPS) is 11.6. The summed E-state index contributed by atoms with van der Waals surface area (Å²) in [5, 5.41) is 19.4. The largest absolute Gasteiger partial charge is 0.481 e. The molecule has 7 nitrogen and oxygen atoms in total. The van der Waals surface area contributed by atoms with Gasteiger partial charge in [0.15, 0.2) is 0 Å². The molecule has 0 aliphatic rings. The van der Waals surface area contributed by atoms with Crippen molar-refractivity contribution in [3.8, 4) is 0 Å². The Balaban J connectivity index is 4.29. The molecular weight excluding hydrogens is 248 g/mol. The molecular formula is C9H16N2O5S. The van der Waals surface area contributed by atoms with Crippen molar-refractivity contribution in [1.29, 1.82) is 0 Å². The van der Waals surface area contributed by atoms with Crippen molar-refractivity contribution in [2.45, 2.75) is 12.5 Å². The van der Waals surface area contributed by atoms with Crippen LogP contribution in [0.15, 0.2) is 0 Å². The van der Waals surface area contributed by atoms with Crippen molar-refractivity contribution in [2.75, 3.05) is 25.6 Å². The first-order valence-electron chi connectivity index (χ1n) is 4.83. The van der Waals surface area contributed by atoms with E-state index in [1.54, 1.807) is 11.8 Å². The first-order chi connectivity index (χ1) is 7.88. The van der Waals surface area contributed by atoms with Crippen LogP contribution in [-0.2, 0) is 9.59 Å². The van der Waals surface area contributed by atoms with E-state index in [0.29, 0.717) is 6.54 Å². The highest BCUT2D eigenvalue weighted by Gasteiger charge is 2.24. The average molecular weight is 264 g/mol. The fourth-order valence-corrected chi connectivity index (χ4v) is 1.42. The van der Waals surface area contributed by atoms with E-state index in [0.717, 1.165) is 5.75 Å². The Morgan fingerprint density at radius 3 is 2.35 bits per heavy atom. The van der Waals surface area contributed by atoms with Gasteiger partial charge in [-0.05, 0) is 6.26 Å². The highest BCUT2D eigenvalue weighted by Crippen LogP contribution is 1.97. The van der Waals surface area contributed by atoms with Crippen molar-refractivity contribution in [3.05, 3.63) is 0 Å². The lowest BCUT2D eigenvalue weighted by Crippen LogP contribution is -2.48. The zero-order valence-corrected chi connectivity index (χ0v) is 10.5. The molecule has 17 heavy (non-hydrogen) atoms. The molecule has 0 aromatic rings. The van der Waals surface area contributed by atoms with Gasteiger partial charge < -0.3 is 20.4 Å². The molecule has 2 amide bonds. The van der Waals surface area contributed by atoms with Crippen LogP contribution in [0.3, 0.4) is 0 Å². The molecule has 0 aromatic carbocycles. The molecule has 0 saturated heterocycles. The van der Waals surface area contributed by atoms with Gasteiger partial charge in [-0.3, -0.25) is 4.79 Å². The molecule has 0 aromatic heterocycles. The van der Waals surface area contributed by atoms with E-state index in [4.69, 9.17) is 10.2 Å². The van der Waals surface area contributed by atoms with Crippen LogP contribution in [0.4, 0.5) is 4.79 Å². The molecule has 0 saturated carbocycles. The summed E-state index contributed by atoms with van der Waals surface area (Å²) < 4.78 is 0. The maximum Gasteiger partial charge on any atom is 0.326 e. The standard InChI is InChI=1S/C9H16N2O5S/c1-11(3-4-17-2)9(16)10-6(8(14)15)5-7(12)13/h6H,3-5H2,1-2H3,(H,10,16)(H,12,13)(H,14,15)/t6-/m0/s1. The van der Waals surface area contributed by atoms with Crippen molar-refractivity contribution < 1.29 is 24.6 Å². The fourth-order valence-electron chi connectivity index (χ4n) is 0.964. The topological polar surface area (TPSA) is 107 Å². The highest BCUT2D eigenvalue weighted by molar-refractivity contribution is 7.98. The van der Waals surface area contributed by atoms with Crippen molar-refractivity contribution in [2.24, 2.45) is 0 Å². The molecule has 1 atom stereocenters. The molecule has 0 aliphatic carbocycles. The quantitative estimate of drug-likeness (QED) is 0.593. The van der Waals surface area contributed by atoms with Crippen LogP contribution in [0.25, 0.3) is 0 Å². The Morgan fingerprint density at radius 2 is 1.94 bits per heavy atom. The van der Waals surface area contributed by atoms with E-state index < -0.39 is 30.4 Å². The number of carboxylic acid groups (broad SMARTS) is 2. The second kappa shape index (κ2) is 7.77. The summed E-state index contributed by atoms with van der Waals surface area (Å²) in [7, 11) is 1.52. The molecule has 8 heteroatoms. The van der Waals surface area contributed by atoms with Crippen LogP contribution in [0.5, 0.6) is 0 Å². The van der Waals surface area contributed by atoms with Gasteiger partial charge in [-0.25, -0.2) is 9.59 Å². The number of urea groups is 1. The smallest absolute Gasteiger partial charge is 0.326 e. The molecule has 0 rings (SSSR count). The number of carbonyl (C=O) groups excluding carboxylic acids is 1. The van der Waals surface area contributed by atoms with E-state index in [9.17, 15) is 14.4 Å². The van der Waals surface area contributed by atoms with Gasteiger partial charge in [0, 0.05) is 19.3 Å². The third kappa shape index (κ3) is 6.67. The monoisotopic (exact) mass is 264 g/mol. The molecule has 0 spiro atoms. The Kier molecular flexibility index (Phi) is 7.11. The van der Waals surface area contributed by atoms with E-state index in [2.05, 4.69) is 5.32 Å². The first kappa shape index (κ1) is 15.6. The van der Waals surface area contributed by atoms with Gasteiger partial charge in [0.1, 0.15) is 6.04 Å². The molecule has 98 valence electrons. The van der Waals surface area contributed by atoms with Gasteiger partial charge in [-0.2, -0.15) is 11.8 Å². The summed E-state index contributed by atoms with van der Waals surface area (Å²) in [6, 6.07) is -2.00. The lowest BCUT2D eigenvalue weighted by Gasteiger charge is -2.20. The van der Waals surface area contributed by atoms with Crippen LogP contribution in [0, 0.1) is 0 Å². The van der Waals surface area contributed by atoms with Crippen molar-refractivity contribution >= 4 is 29.7 Å². The molecule has 0 fully saturated rings. The predicted molar refractivity (Wildman–Crippen MR) is 63.2 cm³/mol. The van der Waals surface area contributed by atoms with Gasteiger partial charge in [-0.1, -0.05) is 0 Å². The van der Waals surface area contributed by atoms with Gasteiger partial charge >= 0.3 is 18.0 Å². The third-order valence-electron chi connectivity index (χ3n) is 1.95. The minimum Gasteiger partial charge on any atom is -0.481 e. The van der Waals surface area contributed by atoms with Crippen molar-refractivity contribution in [1.82, 2.24) is 10.2 Å². The maximum absolute atomic E-state index is 11.5. The number of aliphatic carboxylic acids is 2. The first-order valence-corrected chi connectivity index (χ1v) is 6.23. The molecule has 0 aliphatic heterocycles. The Hall–Kier alpha value is -1.44. The zero-order valence-electron chi connectivity index (χ0n) is 9.67. The minimum atomic E-state index is -1.41. The number of amides is 2. The van der Waals surface area contributed by atoms with Crippen LogP contribution >= 0.6 is 11.8 Å². The lowest BCUT2D eigenvalue weighted by atomic mass is 10.2. The maximum atomic E-state index is 11.5. The number of carboxylic acids is 2. The predicted octanol–water partition coefficient (Wildman–Crippen LogP) is -0.0813. The fraction of sp³-hybridized carbons (Fsp3) is 0.667. The Morgan fingerprint density at radius 1 is 1.35 bits per heavy atom. The van der Waals surface area contributed by atoms with E-state index in [1.807, 2.05) is 6.26 Å². The number of rotatable bonds is 7. The number of hydrogen-bond donors (Lipinski definition) is 3.